The Labute approximate surface area is 141 Å². The Kier molecular flexibility index (Phi) is 6.53. The summed E-state index contributed by atoms with van der Waals surface area (Å²) in [5.41, 5.74) is 1.80. The second kappa shape index (κ2) is 8.63. The molecule has 0 atom stereocenters. The molecular formula is C18H22ClFN2O. The molecule has 3 nitrogen and oxygen atoms in total. The molecule has 0 unspecified atom stereocenters. The highest BCUT2D eigenvalue weighted by Gasteiger charge is 2.01. The average molecular weight is 337 g/mol. The molecule has 0 fully saturated rings. The van der Waals surface area contributed by atoms with Gasteiger partial charge in [0.25, 0.3) is 0 Å². The molecule has 0 radical (unpaired) electrons. The first-order valence-corrected chi connectivity index (χ1v) is 8.08. The van der Waals surface area contributed by atoms with Crippen LogP contribution >= 0.6 is 11.6 Å². The molecule has 0 heterocycles. The fourth-order valence-electron chi connectivity index (χ4n) is 1.98. The van der Waals surface area contributed by atoms with Gasteiger partial charge in [-0.05, 0) is 36.2 Å². The molecule has 0 saturated carbocycles. The van der Waals surface area contributed by atoms with Crippen LogP contribution in [0.25, 0.3) is 0 Å². The van der Waals surface area contributed by atoms with E-state index in [2.05, 4.69) is 24.5 Å². The maximum atomic E-state index is 13.1. The molecule has 0 aliphatic heterocycles. The van der Waals surface area contributed by atoms with Crippen molar-refractivity contribution in [3.63, 3.8) is 0 Å². The molecule has 0 spiro atoms. The van der Waals surface area contributed by atoms with Gasteiger partial charge in [0, 0.05) is 30.5 Å². The summed E-state index contributed by atoms with van der Waals surface area (Å²) in [4.78, 5) is 0. The van der Waals surface area contributed by atoms with Crippen molar-refractivity contribution in [3.8, 4) is 5.75 Å². The quantitative estimate of drug-likeness (QED) is 0.663. The van der Waals surface area contributed by atoms with Crippen LogP contribution in [0.1, 0.15) is 13.8 Å². The lowest BCUT2D eigenvalue weighted by Crippen LogP contribution is -2.13. The molecular weight excluding hydrogens is 315 g/mol. The molecule has 0 saturated heterocycles. The van der Waals surface area contributed by atoms with E-state index in [-0.39, 0.29) is 5.02 Å². The second-order valence-electron chi connectivity index (χ2n) is 5.72. The molecule has 0 bridgehead atoms. The number of benzene rings is 2. The summed E-state index contributed by atoms with van der Waals surface area (Å²) in [6, 6.07) is 12.5. The molecule has 23 heavy (non-hydrogen) atoms. The number of anilines is 2. The number of hydrogen-bond acceptors (Lipinski definition) is 3. The summed E-state index contributed by atoms with van der Waals surface area (Å²) in [6.45, 7) is 6.36. The van der Waals surface area contributed by atoms with Gasteiger partial charge in [0.2, 0.25) is 0 Å². The third kappa shape index (κ3) is 5.99. The third-order valence-corrected chi connectivity index (χ3v) is 3.41. The van der Waals surface area contributed by atoms with Crippen LogP contribution < -0.4 is 15.4 Å². The maximum absolute atomic E-state index is 13.1. The maximum Gasteiger partial charge on any atom is 0.141 e. The van der Waals surface area contributed by atoms with Crippen LogP contribution in [0.4, 0.5) is 15.8 Å². The molecule has 0 aromatic heterocycles. The van der Waals surface area contributed by atoms with E-state index >= 15 is 0 Å². The van der Waals surface area contributed by atoms with Gasteiger partial charge >= 0.3 is 0 Å². The molecule has 2 aromatic rings. The predicted molar refractivity (Wildman–Crippen MR) is 95.2 cm³/mol. The van der Waals surface area contributed by atoms with Crippen molar-refractivity contribution in [2.45, 2.75) is 13.8 Å². The molecule has 0 aliphatic rings. The Morgan fingerprint density at radius 3 is 2.39 bits per heavy atom. The number of nitrogens with one attached hydrogen (secondary N) is 2. The second-order valence-corrected chi connectivity index (χ2v) is 6.12. The number of ether oxygens (including phenoxy) is 1. The van der Waals surface area contributed by atoms with Crippen molar-refractivity contribution < 1.29 is 9.13 Å². The van der Waals surface area contributed by atoms with Gasteiger partial charge in [-0.3, -0.25) is 0 Å². The van der Waals surface area contributed by atoms with Crippen LogP contribution in [-0.4, -0.2) is 19.7 Å². The number of rotatable bonds is 8. The van der Waals surface area contributed by atoms with Crippen LogP contribution in [-0.2, 0) is 0 Å². The fraction of sp³-hybridized carbons (Fsp3) is 0.333. The van der Waals surface area contributed by atoms with Gasteiger partial charge in [0.1, 0.15) is 11.6 Å². The van der Waals surface area contributed by atoms with Crippen LogP contribution in [0.5, 0.6) is 5.75 Å². The van der Waals surface area contributed by atoms with Crippen LogP contribution in [0, 0.1) is 11.7 Å². The van der Waals surface area contributed by atoms with Crippen LogP contribution in [0.15, 0.2) is 42.5 Å². The van der Waals surface area contributed by atoms with Crippen molar-refractivity contribution in [1.82, 2.24) is 0 Å². The Morgan fingerprint density at radius 1 is 1.04 bits per heavy atom. The zero-order chi connectivity index (χ0) is 16.7. The Hall–Kier alpha value is -1.94. The smallest absolute Gasteiger partial charge is 0.141 e. The molecule has 2 N–H and O–H groups in total. The van der Waals surface area contributed by atoms with E-state index in [0.717, 1.165) is 23.7 Å². The van der Waals surface area contributed by atoms with E-state index in [0.29, 0.717) is 19.1 Å². The minimum Gasteiger partial charge on any atom is -0.493 e. The molecule has 2 rings (SSSR count). The standard InChI is InChI=1S/C18H22ClFN2O/c1-13(2)12-23-16-5-3-4-14(10-16)21-8-9-22-15-6-7-18(20)17(19)11-15/h3-7,10-11,13,21-22H,8-9,12H2,1-2H3. The van der Waals surface area contributed by atoms with Crippen LogP contribution in [0.2, 0.25) is 5.02 Å². The molecule has 0 amide bonds. The SMILES string of the molecule is CC(C)COc1cccc(NCCNc2ccc(F)c(Cl)c2)c1. The van der Waals surface area contributed by atoms with Gasteiger partial charge in [-0.15, -0.1) is 0 Å². The summed E-state index contributed by atoms with van der Waals surface area (Å²) in [5, 5.41) is 6.64. The summed E-state index contributed by atoms with van der Waals surface area (Å²) < 4.78 is 18.8. The highest BCUT2D eigenvalue weighted by Crippen LogP contribution is 2.20. The number of halogens is 2. The van der Waals surface area contributed by atoms with Gasteiger partial charge in [0.05, 0.1) is 11.6 Å². The van der Waals surface area contributed by atoms with Crippen molar-refractivity contribution >= 4 is 23.0 Å². The molecule has 5 heteroatoms. The van der Waals surface area contributed by atoms with E-state index in [1.165, 1.54) is 6.07 Å². The Balaban J connectivity index is 1.77. The van der Waals surface area contributed by atoms with Gasteiger partial charge in [-0.25, -0.2) is 4.39 Å². The van der Waals surface area contributed by atoms with Crippen molar-refractivity contribution in [2.24, 2.45) is 5.92 Å². The predicted octanol–water partition coefficient (Wildman–Crippen LogP) is 5.04. The zero-order valence-electron chi connectivity index (χ0n) is 13.4. The minimum atomic E-state index is -0.409. The van der Waals surface area contributed by atoms with Gasteiger partial charge in [-0.2, -0.15) is 0 Å². The summed E-state index contributed by atoms with van der Waals surface area (Å²) in [5.74, 6) is 0.953. The van der Waals surface area contributed by atoms with Crippen molar-refractivity contribution in [1.29, 1.82) is 0 Å². The zero-order valence-corrected chi connectivity index (χ0v) is 14.2. The monoisotopic (exact) mass is 336 g/mol. The lowest BCUT2D eigenvalue weighted by atomic mass is 10.2. The third-order valence-electron chi connectivity index (χ3n) is 3.12. The first-order valence-electron chi connectivity index (χ1n) is 7.70. The fourth-order valence-corrected chi connectivity index (χ4v) is 2.16. The van der Waals surface area contributed by atoms with E-state index in [4.69, 9.17) is 16.3 Å². The van der Waals surface area contributed by atoms with E-state index in [9.17, 15) is 4.39 Å². The van der Waals surface area contributed by atoms with Crippen LogP contribution in [0.3, 0.4) is 0 Å². The van der Waals surface area contributed by atoms with Crippen molar-refractivity contribution in [2.75, 3.05) is 30.3 Å². The first-order chi connectivity index (χ1) is 11.0. The normalized spacial score (nSPS) is 10.7. The van der Waals surface area contributed by atoms with Gasteiger partial charge < -0.3 is 15.4 Å². The summed E-state index contributed by atoms with van der Waals surface area (Å²) in [6.07, 6.45) is 0. The Morgan fingerprint density at radius 2 is 1.74 bits per heavy atom. The minimum absolute atomic E-state index is 0.123. The topological polar surface area (TPSA) is 33.3 Å². The summed E-state index contributed by atoms with van der Waals surface area (Å²) in [7, 11) is 0. The first kappa shape index (κ1) is 17.4. The summed E-state index contributed by atoms with van der Waals surface area (Å²) >= 11 is 5.75. The lowest BCUT2D eigenvalue weighted by molar-refractivity contribution is 0.271. The molecule has 0 aliphatic carbocycles. The van der Waals surface area contributed by atoms with Gasteiger partial charge in [0.15, 0.2) is 0 Å². The van der Waals surface area contributed by atoms with E-state index < -0.39 is 5.82 Å². The number of hydrogen-bond donors (Lipinski definition) is 2. The Bertz CT molecular complexity index is 634. The van der Waals surface area contributed by atoms with E-state index in [1.807, 2.05) is 24.3 Å². The highest BCUT2D eigenvalue weighted by atomic mass is 35.5. The lowest BCUT2D eigenvalue weighted by Gasteiger charge is -2.12. The largest absolute Gasteiger partial charge is 0.493 e. The van der Waals surface area contributed by atoms with Crippen molar-refractivity contribution in [3.05, 3.63) is 53.3 Å². The van der Waals surface area contributed by atoms with E-state index in [1.54, 1.807) is 12.1 Å². The molecule has 124 valence electrons. The average Bonchev–Trinajstić information content (AvgIpc) is 2.53. The highest BCUT2D eigenvalue weighted by molar-refractivity contribution is 6.31. The molecule has 2 aromatic carbocycles. The van der Waals surface area contributed by atoms with Gasteiger partial charge in [-0.1, -0.05) is 31.5 Å².